The molecule has 0 fully saturated rings. The van der Waals surface area contributed by atoms with E-state index in [0.29, 0.717) is 23.1 Å². The van der Waals surface area contributed by atoms with Crippen molar-refractivity contribution in [2.45, 2.75) is 6.04 Å². The summed E-state index contributed by atoms with van der Waals surface area (Å²) in [5.41, 5.74) is 11.1. The summed E-state index contributed by atoms with van der Waals surface area (Å²) in [5, 5.41) is 5.39. The summed E-state index contributed by atoms with van der Waals surface area (Å²) in [6, 6.07) is 18.1. The van der Waals surface area contributed by atoms with Crippen molar-refractivity contribution in [3.05, 3.63) is 84.3 Å². The van der Waals surface area contributed by atoms with Gasteiger partial charge >= 0.3 is 0 Å². The average Bonchev–Trinajstić information content (AvgIpc) is 3.47. The van der Waals surface area contributed by atoms with Gasteiger partial charge < -0.3 is 24.5 Å². The summed E-state index contributed by atoms with van der Waals surface area (Å²) in [6.07, 6.45) is 5.66. The molecule has 0 radical (unpaired) electrons. The van der Waals surface area contributed by atoms with Crippen molar-refractivity contribution in [2.24, 2.45) is 7.05 Å². The topological polar surface area (TPSA) is 89.4 Å². The van der Waals surface area contributed by atoms with E-state index in [0.717, 1.165) is 33.3 Å². The standard InChI is InChI=1S/C27H27N5O3/c1-31-16-20(15-30-31)21-10-19-14-29-25(28)13-22(19)32(21)26(17-8-6-5-7-9-17)18-11-23(33-2)27(35-4)24(12-18)34-3/h5-16,26H,1-4H3,(H2,28,29). The Morgan fingerprint density at radius 3 is 2.17 bits per heavy atom. The largest absolute Gasteiger partial charge is 0.493 e. The Morgan fingerprint density at radius 2 is 1.57 bits per heavy atom. The van der Waals surface area contributed by atoms with E-state index < -0.39 is 0 Å². The van der Waals surface area contributed by atoms with E-state index in [1.165, 1.54) is 0 Å². The number of nitrogen functional groups attached to an aromatic ring is 1. The predicted octanol–water partition coefficient (Wildman–Crippen LogP) is 4.68. The van der Waals surface area contributed by atoms with E-state index in [1.807, 2.05) is 55.8 Å². The number of rotatable bonds is 7. The number of hydrogen-bond acceptors (Lipinski definition) is 6. The van der Waals surface area contributed by atoms with Crippen molar-refractivity contribution in [1.29, 1.82) is 0 Å². The monoisotopic (exact) mass is 469 g/mol. The molecule has 5 aromatic rings. The summed E-state index contributed by atoms with van der Waals surface area (Å²) < 4.78 is 21.0. The van der Waals surface area contributed by atoms with Gasteiger partial charge in [-0.3, -0.25) is 4.68 Å². The van der Waals surface area contributed by atoms with Crippen LogP contribution in [-0.2, 0) is 7.05 Å². The van der Waals surface area contributed by atoms with Crippen molar-refractivity contribution >= 4 is 16.7 Å². The number of benzene rings is 2. The number of nitrogens with zero attached hydrogens (tertiary/aromatic N) is 4. The normalized spacial score (nSPS) is 12.0. The van der Waals surface area contributed by atoms with Crippen molar-refractivity contribution in [2.75, 3.05) is 27.1 Å². The van der Waals surface area contributed by atoms with Gasteiger partial charge in [0.1, 0.15) is 5.82 Å². The van der Waals surface area contributed by atoms with E-state index in [-0.39, 0.29) is 6.04 Å². The molecule has 0 saturated carbocycles. The first-order chi connectivity index (χ1) is 17.0. The second-order valence-corrected chi connectivity index (χ2v) is 8.24. The highest BCUT2D eigenvalue weighted by atomic mass is 16.5. The molecule has 2 N–H and O–H groups in total. The predicted molar refractivity (Wildman–Crippen MR) is 136 cm³/mol. The van der Waals surface area contributed by atoms with Crippen LogP contribution in [0.4, 0.5) is 5.82 Å². The maximum Gasteiger partial charge on any atom is 0.203 e. The first-order valence-corrected chi connectivity index (χ1v) is 11.1. The van der Waals surface area contributed by atoms with E-state index in [9.17, 15) is 0 Å². The number of aryl methyl sites for hydroxylation is 1. The lowest BCUT2D eigenvalue weighted by Gasteiger charge is -2.25. The number of anilines is 1. The highest BCUT2D eigenvalue weighted by Crippen LogP contribution is 2.44. The molecule has 3 aromatic heterocycles. The second-order valence-electron chi connectivity index (χ2n) is 8.24. The van der Waals surface area contributed by atoms with Gasteiger partial charge in [0.2, 0.25) is 5.75 Å². The zero-order valence-corrected chi connectivity index (χ0v) is 20.1. The SMILES string of the molecule is COc1cc(C(c2ccccc2)n2c(-c3cnn(C)c3)cc3cnc(N)cc32)cc(OC)c1OC. The molecule has 8 nitrogen and oxygen atoms in total. The number of nitrogens with two attached hydrogens (primary N) is 1. The van der Waals surface area contributed by atoms with Crippen LogP contribution in [0.3, 0.4) is 0 Å². The maximum atomic E-state index is 6.15. The van der Waals surface area contributed by atoms with Crippen LogP contribution in [0.15, 0.2) is 73.2 Å². The van der Waals surface area contributed by atoms with Gasteiger partial charge in [0, 0.05) is 36.5 Å². The summed E-state index contributed by atoms with van der Waals surface area (Å²) in [4.78, 5) is 4.33. The molecule has 0 spiro atoms. The molecule has 35 heavy (non-hydrogen) atoms. The van der Waals surface area contributed by atoms with Crippen LogP contribution in [0.1, 0.15) is 17.2 Å². The number of pyridine rings is 1. The summed E-state index contributed by atoms with van der Waals surface area (Å²) in [6.45, 7) is 0. The number of methoxy groups -OCH3 is 3. The molecule has 1 atom stereocenters. The molecule has 0 bridgehead atoms. The van der Waals surface area contributed by atoms with Crippen LogP contribution >= 0.6 is 0 Å². The minimum Gasteiger partial charge on any atom is -0.493 e. The van der Waals surface area contributed by atoms with Gasteiger partial charge in [-0.05, 0) is 29.3 Å². The van der Waals surface area contributed by atoms with Gasteiger partial charge in [-0.2, -0.15) is 5.10 Å². The van der Waals surface area contributed by atoms with Crippen LogP contribution in [0.2, 0.25) is 0 Å². The van der Waals surface area contributed by atoms with Gasteiger partial charge in [-0.1, -0.05) is 30.3 Å². The Balaban J connectivity index is 1.87. The van der Waals surface area contributed by atoms with E-state index in [2.05, 4.69) is 32.8 Å². The number of ether oxygens (including phenoxy) is 3. The van der Waals surface area contributed by atoms with Crippen LogP contribution in [-0.4, -0.2) is 40.7 Å². The van der Waals surface area contributed by atoms with Crippen molar-refractivity contribution in [3.8, 4) is 28.5 Å². The first kappa shape index (κ1) is 22.3. The van der Waals surface area contributed by atoms with Crippen LogP contribution in [0.5, 0.6) is 17.2 Å². The Hall–Kier alpha value is -4.46. The number of fused-ring (bicyclic) bond motifs is 1. The lowest BCUT2D eigenvalue weighted by Crippen LogP contribution is -2.14. The van der Waals surface area contributed by atoms with Crippen LogP contribution in [0, 0.1) is 0 Å². The van der Waals surface area contributed by atoms with Gasteiger partial charge in [0.25, 0.3) is 0 Å². The maximum absolute atomic E-state index is 6.15. The quantitative estimate of drug-likeness (QED) is 0.372. The summed E-state index contributed by atoms with van der Waals surface area (Å²) in [5.74, 6) is 2.17. The molecule has 1 unspecified atom stereocenters. The van der Waals surface area contributed by atoms with Crippen molar-refractivity contribution in [3.63, 3.8) is 0 Å². The Morgan fingerprint density at radius 1 is 0.857 bits per heavy atom. The number of hydrogen-bond donors (Lipinski definition) is 1. The summed E-state index contributed by atoms with van der Waals surface area (Å²) in [7, 11) is 6.75. The van der Waals surface area contributed by atoms with Crippen molar-refractivity contribution in [1.82, 2.24) is 19.3 Å². The molecule has 0 aliphatic rings. The van der Waals surface area contributed by atoms with Crippen LogP contribution < -0.4 is 19.9 Å². The molecule has 0 aliphatic carbocycles. The molecule has 0 amide bonds. The van der Waals surface area contributed by atoms with Gasteiger partial charge in [-0.15, -0.1) is 0 Å². The van der Waals surface area contributed by atoms with E-state index in [4.69, 9.17) is 19.9 Å². The molecule has 178 valence electrons. The fourth-order valence-corrected chi connectivity index (χ4v) is 4.58. The Bertz CT molecular complexity index is 1460. The summed E-state index contributed by atoms with van der Waals surface area (Å²) >= 11 is 0. The number of aromatic nitrogens is 4. The fourth-order valence-electron chi connectivity index (χ4n) is 4.58. The molecular formula is C27H27N5O3. The molecule has 2 aromatic carbocycles. The lowest BCUT2D eigenvalue weighted by molar-refractivity contribution is 0.323. The molecule has 0 saturated heterocycles. The Kier molecular flexibility index (Phi) is 5.78. The minimum atomic E-state index is -0.237. The van der Waals surface area contributed by atoms with Crippen LogP contribution in [0.25, 0.3) is 22.2 Å². The molecule has 3 heterocycles. The zero-order valence-electron chi connectivity index (χ0n) is 20.1. The molecule has 5 rings (SSSR count). The van der Waals surface area contributed by atoms with Gasteiger partial charge in [-0.25, -0.2) is 4.98 Å². The third kappa shape index (κ3) is 3.93. The highest BCUT2D eigenvalue weighted by Gasteiger charge is 2.26. The fraction of sp³-hybridized carbons (Fsp3) is 0.185. The highest BCUT2D eigenvalue weighted by molar-refractivity contribution is 5.88. The van der Waals surface area contributed by atoms with Gasteiger partial charge in [0.05, 0.1) is 44.8 Å². The third-order valence-corrected chi connectivity index (χ3v) is 6.12. The molecule has 8 heteroatoms. The van der Waals surface area contributed by atoms with E-state index in [1.54, 1.807) is 32.2 Å². The minimum absolute atomic E-state index is 0.237. The van der Waals surface area contributed by atoms with Gasteiger partial charge in [0.15, 0.2) is 11.5 Å². The average molecular weight is 470 g/mol. The third-order valence-electron chi connectivity index (χ3n) is 6.12. The zero-order chi connectivity index (χ0) is 24.5. The first-order valence-electron chi connectivity index (χ1n) is 11.1. The Labute approximate surface area is 203 Å². The second kappa shape index (κ2) is 9.06. The smallest absolute Gasteiger partial charge is 0.203 e. The molecular weight excluding hydrogens is 442 g/mol. The molecule has 0 aliphatic heterocycles. The van der Waals surface area contributed by atoms with Crippen molar-refractivity contribution < 1.29 is 14.2 Å². The van der Waals surface area contributed by atoms with E-state index >= 15 is 0 Å². The lowest BCUT2D eigenvalue weighted by atomic mass is 9.96.